The third-order valence-corrected chi connectivity index (χ3v) is 4.30. The van der Waals surface area contributed by atoms with Crippen LogP contribution < -0.4 is 0 Å². The average molecular weight is 278 g/mol. The second-order valence-corrected chi connectivity index (χ2v) is 6.05. The topological polar surface area (TPSA) is 77.3 Å². The van der Waals surface area contributed by atoms with E-state index in [1.165, 1.54) is 12.1 Å². The van der Waals surface area contributed by atoms with Crippen molar-refractivity contribution in [2.45, 2.75) is 18.2 Å². The number of nitro benzene ring substituents is 1. The smallest absolute Gasteiger partial charge is 0.258 e. The summed E-state index contributed by atoms with van der Waals surface area (Å²) in [6.45, 7) is 1.67. The van der Waals surface area contributed by atoms with Gasteiger partial charge in [0.2, 0.25) is 0 Å². The molecule has 0 radical (unpaired) electrons. The van der Waals surface area contributed by atoms with Gasteiger partial charge >= 0.3 is 0 Å². The fourth-order valence-electron chi connectivity index (χ4n) is 1.39. The monoisotopic (exact) mass is 277 g/mol. The summed E-state index contributed by atoms with van der Waals surface area (Å²) in [6, 6.07) is 4.07. The number of halogens is 1. The summed E-state index contributed by atoms with van der Waals surface area (Å²) in [5.74, 6) is 0.0271. The molecule has 0 saturated carbocycles. The van der Waals surface area contributed by atoms with Gasteiger partial charge in [0.05, 0.1) is 10.7 Å². The van der Waals surface area contributed by atoms with E-state index in [9.17, 15) is 18.5 Å². The molecule has 1 aromatic rings. The van der Waals surface area contributed by atoms with Crippen LogP contribution in [-0.4, -0.2) is 25.0 Å². The Kier molecular flexibility index (Phi) is 4.47. The Morgan fingerprint density at radius 2 is 2.06 bits per heavy atom. The largest absolute Gasteiger partial charge is 0.288 e. The van der Waals surface area contributed by atoms with E-state index in [1.807, 2.05) is 0 Å². The summed E-state index contributed by atoms with van der Waals surface area (Å²) < 4.78 is 23.7. The van der Waals surface area contributed by atoms with E-state index in [1.54, 1.807) is 13.0 Å². The minimum atomic E-state index is -3.64. The number of hydrogen-bond acceptors (Lipinski definition) is 4. The van der Waals surface area contributed by atoms with Crippen LogP contribution in [0.5, 0.6) is 0 Å². The molecule has 7 heteroatoms. The van der Waals surface area contributed by atoms with Crippen LogP contribution in [0.3, 0.4) is 0 Å². The minimum Gasteiger partial charge on any atom is -0.258 e. The molecule has 5 nitrogen and oxygen atoms in total. The number of rotatable bonds is 5. The molecule has 0 fully saturated rings. The maximum absolute atomic E-state index is 11.9. The molecule has 0 atom stereocenters. The van der Waals surface area contributed by atoms with Gasteiger partial charge in [0.25, 0.3) is 5.69 Å². The highest BCUT2D eigenvalue weighted by atomic mass is 35.5. The van der Waals surface area contributed by atoms with E-state index in [0.29, 0.717) is 5.56 Å². The normalized spacial score (nSPS) is 11.4. The maximum atomic E-state index is 11.9. The number of nitro groups is 1. The summed E-state index contributed by atoms with van der Waals surface area (Å²) in [5, 5.41) is 10.8. The first kappa shape index (κ1) is 13.9. The molecule has 0 saturated heterocycles. The van der Waals surface area contributed by atoms with Gasteiger partial charge in [0, 0.05) is 11.9 Å². The third kappa shape index (κ3) is 3.41. The lowest BCUT2D eigenvalue weighted by Crippen LogP contribution is -2.10. The second-order valence-electron chi connectivity index (χ2n) is 3.59. The number of nitrogens with zero attached hydrogens (tertiary/aromatic N) is 1. The Hall–Kier alpha value is -1.14. The number of alkyl halides is 1. The molecule has 0 unspecified atom stereocenters. The summed E-state index contributed by atoms with van der Waals surface area (Å²) in [4.78, 5) is 9.89. The van der Waals surface area contributed by atoms with Crippen molar-refractivity contribution < 1.29 is 13.3 Å². The molecular formula is C10H12ClNO4S. The van der Waals surface area contributed by atoms with Crippen molar-refractivity contribution in [3.05, 3.63) is 33.9 Å². The van der Waals surface area contributed by atoms with Crippen LogP contribution in [-0.2, 0) is 9.84 Å². The standard InChI is InChI=1S/C10H12ClNO4S/c1-8-3-4-10(9(7-8)12(13)14)17(15,16)6-2-5-11/h3-4,7H,2,5-6H2,1H3. The lowest BCUT2D eigenvalue weighted by atomic mass is 10.2. The van der Waals surface area contributed by atoms with E-state index in [2.05, 4.69) is 0 Å². The fraction of sp³-hybridized carbons (Fsp3) is 0.400. The molecule has 0 spiro atoms. The fourth-order valence-corrected chi connectivity index (χ4v) is 3.15. The van der Waals surface area contributed by atoms with Gasteiger partial charge < -0.3 is 0 Å². The van der Waals surface area contributed by atoms with Crippen molar-refractivity contribution in [1.29, 1.82) is 0 Å². The van der Waals surface area contributed by atoms with E-state index in [0.717, 1.165) is 0 Å². The summed E-state index contributed by atoms with van der Waals surface area (Å²) in [5.41, 5.74) is 0.271. The van der Waals surface area contributed by atoms with Crippen molar-refractivity contribution in [3.63, 3.8) is 0 Å². The molecule has 1 aromatic carbocycles. The van der Waals surface area contributed by atoms with Crippen LogP contribution in [0.15, 0.2) is 23.1 Å². The minimum absolute atomic E-state index is 0.180. The molecule has 0 aliphatic heterocycles. The van der Waals surface area contributed by atoms with Crippen molar-refractivity contribution in [2.75, 3.05) is 11.6 Å². The third-order valence-electron chi connectivity index (χ3n) is 2.19. The molecule has 0 amide bonds. The van der Waals surface area contributed by atoms with Gasteiger partial charge in [-0.25, -0.2) is 8.42 Å². The van der Waals surface area contributed by atoms with Gasteiger partial charge in [-0.05, 0) is 25.0 Å². The molecule has 0 aliphatic rings. The van der Waals surface area contributed by atoms with E-state index < -0.39 is 14.8 Å². The number of benzene rings is 1. The van der Waals surface area contributed by atoms with Crippen molar-refractivity contribution in [3.8, 4) is 0 Å². The first-order valence-electron chi connectivity index (χ1n) is 4.92. The highest BCUT2D eigenvalue weighted by Gasteiger charge is 2.25. The van der Waals surface area contributed by atoms with E-state index >= 15 is 0 Å². The predicted octanol–water partition coefficient (Wildman–Crippen LogP) is 2.31. The number of aryl methyl sites for hydroxylation is 1. The highest BCUT2D eigenvalue weighted by Crippen LogP contribution is 2.26. The molecule has 1 rings (SSSR count). The van der Waals surface area contributed by atoms with Gasteiger partial charge in [0.15, 0.2) is 9.84 Å². The zero-order chi connectivity index (χ0) is 13.1. The molecule has 0 bridgehead atoms. The Balaban J connectivity index is 3.26. The first-order valence-corrected chi connectivity index (χ1v) is 7.11. The van der Waals surface area contributed by atoms with Crippen LogP contribution in [0, 0.1) is 17.0 Å². The Labute approximate surface area is 104 Å². The van der Waals surface area contributed by atoms with Gasteiger partial charge in [0.1, 0.15) is 4.90 Å². The van der Waals surface area contributed by atoms with Crippen LogP contribution in [0.4, 0.5) is 5.69 Å². The quantitative estimate of drug-likeness (QED) is 0.470. The number of sulfone groups is 1. The van der Waals surface area contributed by atoms with Gasteiger partial charge in [-0.1, -0.05) is 6.07 Å². The molecule has 94 valence electrons. The van der Waals surface area contributed by atoms with E-state index in [4.69, 9.17) is 11.6 Å². The zero-order valence-electron chi connectivity index (χ0n) is 9.22. The van der Waals surface area contributed by atoms with Crippen molar-refractivity contribution in [2.24, 2.45) is 0 Å². The summed E-state index contributed by atoms with van der Waals surface area (Å²) >= 11 is 5.42. The van der Waals surface area contributed by atoms with Crippen LogP contribution in [0.25, 0.3) is 0 Å². The van der Waals surface area contributed by atoms with Gasteiger partial charge in [-0.2, -0.15) is 0 Å². The zero-order valence-corrected chi connectivity index (χ0v) is 10.8. The molecule has 0 N–H and O–H groups in total. The van der Waals surface area contributed by atoms with Crippen LogP contribution >= 0.6 is 11.6 Å². The first-order chi connectivity index (χ1) is 7.88. The Morgan fingerprint density at radius 3 is 2.59 bits per heavy atom. The molecule has 0 heterocycles. The number of hydrogen-bond donors (Lipinski definition) is 0. The molecule has 0 aliphatic carbocycles. The summed E-state index contributed by atoms with van der Waals surface area (Å²) in [6.07, 6.45) is 0.273. The second kappa shape index (κ2) is 5.46. The molecule has 17 heavy (non-hydrogen) atoms. The predicted molar refractivity (Wildman–Crippen MR) is 65.2 cm³/mol. The Morgan fingerprint density at radius 1 is 1.41 bits per heavy atom. The Bertz CT molecular complexity index is 527. The van der Waals surface area contributed by atoms with Gasteiger partial charge in [-0.3, -0.25) is 10.1 Å². The molecule has 0 aromatic heterocycles. The highest BCUT2D eigenvalue weighted by molar-refractivity contribution is 7.91. The van der Waals surface area contributed by atoms with Crippen molar-refractivity contribution >= 4 is 27.1 Å². The van der Waals surface area contributed by atoms with E-state index in [-0.39, 0.29) is 28.6 Å². The lowest BCUT2D eigenvalue weighted by Gasteiger charge is -2.05. The van der Waals surface area contributed by atoms with Gasteiger partial charge in [-0.15, -0.1) is 11.6 Å². The van der Waals surface area contributed by atoms with Crippen molar-refractivity contribution in [1.82, 2.24) is 0 Å². The summed E-state index contributed by atoms with van der Waals surface area (Å²) in [7, 11) is -3.64. The maximum Gasteiger partial charge on any atom is 0.288 e. The average Bonchev–Trinajstić information content (AvgIpc) is 2.26. The molecular weight excluding hydrogens is 266 g/mol. The lowest BCUT2D eigenvalue weighted by molar-refractivity contribution is -0.387. The van der Waals surface area contributed by atoms with Crippen LogP contribution in [0.1, 0.15) is 12.0 Å². The SMILES string of the molecule is Cc1ccc(S(=O)(=O)CCCCl)c([N+](=O)[O-])c1. The van der Waals surface area contributed by atoms with Crippen LogP contribution in [0.2, 0.25) is 0 Å².